The van der Waals surface area contributed by atoms with Crippen molar-refractivity contribution >= 4 is 27.6 Å². The summed E-state index contributed by atoms with van der Waals surface area (Å²) in [7, 11) is 0. The number of hydrogen-bond donors (Lipinski definition) is 0. The fourth-order valence-electron chi connectivity index (χ4n) is 2.84. The predicted molar refractivity (Wildman–Crippen MR) is 85.7 cm³/mol. The van der Waals surface area contributed by atoms with Crippen molar-refractivity contribution in [2.45, 2.75) is 12.8 Å². The molecule has 0 atom stereocenters. The Hall–Kier alpha value is -2.02. The van der Waals surface area contributed by atoms with E-state index in [1.165, 1.54) is 0 Å². The average molecular weight is 398 g/mol. The summed E-state index contributed by atoms with van der Waals surface area (Å²) in [6.07, 6.45) is 0.810. The first-order valence-corrected chi connectivity index (χ1v) is 8.29. The topological polar surface area (TPSA) is 50.5 Å². The van der Waals surface area contributed by atoms with Crippen molar-refractivity contribution < 1.29 is 22.8 Å². The smallest absolute Gasteiger partial charge is 0.289 e. The van der Waals surface area contributed by atoms with Gasteiger partial charge in [0.1, 0.15) is 11.6 Å². The van der Waals surface area contributed by atoms with Gasteiger partial charge in [0.05, 0.1) is 5.56 Å². The second-order valence-electron chi connectivity index (χ2n) is 5.66. The Morgan fingerprint density at radius 3 is 2.46 bits per heavy atom. The minimum atomic E-state index is -0.722. The lowest BCUT2D eigenvalue weighted by atomic mass is 9.88. The van der Waals surface area contributed by atoms with E-state index in [0.29, 0.717) is 30.6 Å². The molecule has 1 aliphatic rings. The van der Waals surface area contributed by atoms with Gasteiger partial charge in [0, 0.05) is 19.0 Å². The molecule has 126 valence electrons. The molecule has 0 aliphatic carbocycles. The maximum atomic E-state index is 13.7. The van der Waals surface area contributed by atoms with E-state index < -0.39 is 23.3 Å². The number of hydrogen-bond acceptors (Lipinski definition) is 3. The molecule has 0 unspecified atom stereocenters. The largest absolute Gasteiger partial charge is 0.444 e. The monoisotopic (exact) mass is 397 g/mol. The standard InChI is InChI=1S/C17H14BrF2NO3/c18-15-4-3-14(24-15)17(23)21-7-5-10(6-8-21)16(22)12-9-11(19)1-2-13(12)20/h1-4,9-10H,5-8H2. The summed E-state index contributed by atoms with van der Waals surface area (Å²) < 4.78 is 32.7. The lowest BCUT2D eigenvalue weighted by molar-refractivity contribution is 0.0622. The second kappa shape index (κ2) is 6.84. The second-order valence-corrected chi connectivity index (χ2v) is 6.44. The highest BCUT2D eigenvalue weighted by Crippen LogP contribution is 2.25. The van der Waals surface area contributed by atoms with Gasteiger partial charge in [-0.15, -0.1) is 0 Å². The number of halogens is 3. The Morgan fingerprint density at radius 2 is 1.83 bits per heavy atom. The number of amides is 1. The predicted octanol–water partition coefficient (Wildman–Crippen LogP) is 4.06. The van der Waals surface area contributed by atoms with Gasteiger partial charge in [-0.1, -0.05) is 0 Å². The molecular weight excluding hydrogens is 384 g/mol. The highest BCUT2D eigenvalue weighted by molar-refractivity contribution is 9.10. The van der Waals surface area contributed by atoms with Crippen LogP contribution in [0.2, 0.25) is 0 Å². The number of piperidine rings is 1. The van der Waals surface area contributed by atoms with Gasteiger partial charge < -0.3 is 9.32 Å². The van der Waals surface area contributed by atoms with E-state index in [-0.39, 0.29) is 17.2 Å². The summed E-state index contributed by atoms with van der Waals surface area (Å²) in [4.78, 5) is 26.3. The Bertz CT molecular complexity index is 782. The van der Waals surface area contributed by atoms with E-state index in [2.05, 4.69) is 15.9 Å². The zero-order valence-corrected chi connectivity index (χ0v) is 14.2. The minimum Gasteiger partial charge on any atom is -0.444 e. The van der Waals surface area contributed by atoms with Crippen molar-refractivity contribution in [3.63, 3.8) is 0 Å². The lowest BCUT2D eigenvalue weighted by Gasteiger charge is -2.30. The summed E-state index contributed by atoms with van der Waals surface area (Å²) in [5, 5.41) is 0. The zero-order valence-electron chi connectivity index (χ0n) is 12.6. The van der Waals surface area contributed by atoms with Gasteiger partial charge in [0.15, 0.2) is 16.2 Å². The zero-order chi connectivity index (χ0) is 17.3. The molecule has 2 heterocycles. The number of carbonyl (C=O) groups is 2. The van der Waals surface area contributed by atoms with Gasteiger partial charge in [0.25, 0.3) is 5.91 Å². The first kappa shape index (κ1) is 16.8. The number of furan rings is 1. The van der Waals surface area contributed by atoms with Crippen LogP contribution in [0.1, 0.15) is 33.8 Å². The van der Waals surface area contributed by atoms with Gasteiger partial charge in [-0.3, -0.25) is 9.59 Å². The maximum Gasteiger partial charge on any atom is 0.289 e. The fraction of sp³-hybridized carbons (Fsp3) is 0.294. The molecular formula is C17H14BrF2NO3. The Kier molecular flexibility index (Phi) is 4.80. The minimum absolute atomic E-state index is 0.225. The molecule has 3 rings (SSSR count). The SMILES string of the molecule is O=C(c1cc(F)ccc1F)C1CCN(C(=O)c2ccc(Br)o2)CC1. The molecule has 0 N–H and O–H groups in total. The first-order valence-electron chi connectivity index (χ1n) is 7.49. The van der Waals surface area contributed by atoms with Crippen LogP contribution < -0.4 is 0 Å². The van der Waals surface area contributed by atoms with Crippen molar-refractivity contribution in [1.82, 2.24) is 4.90 Å². The third-order valence-electron chi connectivity index (χ3n) is 4.13. The molecule has 2 aromatic rings. The molecule has 1 fully saturated rings. The van der Waals surface area contributed by atoms with E-state index >= 15 is 0 Å². The van der Waals surface area contributed by atoms with E-state index in [9.17, 15) is 18.4 Å². The van der Waals surface area contributed by atoms with Crippen LogP contribution in [0.5, 0.6) is 0 Å². The molecule has 0 saturated carbocycles. The van der Waals surface area contributed by atoms with Crippen molar-refractivity contribution in [3.8, 4) is 0 Å². The number of carbonyl (C=O) groups excluding carboxylic acids is 2. The Balaban J connectivity index is 1.65. The highest BCUT2D eigenvalue weighted by atomic mass is 79.9. The quantitative estimate of drug-likeness (QED) is 0.733. The summed E-state index contributed by atoms with van der Waals surface area (Å²) in [5.74, 6) is -2.23. The van der Waals surface area contributed by atoms with Crippen LogP contribution in [0.15, 0.2) is 39.4 Å². The summed E-state index contributed by atoms with van der Waals surface area (Å²) in [5.41, 5.74) is -0.227. The van der Waals surface area contributed by atoms with Gasteiger partial charge in [-0.2, -0.15) is 0 Å². The molecule has 7 heteroatoms. The fourth-order valence-corrected chi connectivity index (χ4v) is 3.14. The van der Waals surface area contributed by atoms with E-state index in [0.717, 1.165) is 18.2 Å². The third-order valence-corrected chi connectivity index (χ3v) is 4.56. The molecule has 4 nitrogen and oxygen atoms in total. The molecule has 1 amide bonds. The molecule has 24 heavy (non-hydrogen) atoms. The summed E-state index contributed by atoms with van der Waals surface area (Å²) in [6, 6.07) is 6.07. The third kappa shape index (κ3) is 3.40. The average Bonchev–Trinajstić information content (AvgIpc) is 3.02. The normalized spacial score (nSPS) is 15.5. The molecule has 1 aromatic carbocycles. The summed E-state index contributed by atoms with van der Waals surface area (Å²) in [6.45, 7) is 0.731. The van der Waals surface area contributed by atoms with Crippen LogP contribution in [-0.4, -0.2) is 29.7 Å². The summed E-state index contributed by atoms with van der Waals surface area (Å²) >= 11 is 3.14. The molecule has 1 aromatic heterocycles. The molecule has 0 spiro atoms. The van der Waals surface area contributed by atoms with Gasteiger partial charge in [0.2, 0.25) is 0 Å². The van der Waals surface area contributed by atoms with Crippen LogP contribution in [0.4, 0.5) is 8.78 Å². The molecule has 1 aliphatic heterocycles. The molecule has 1 saturated heterocycles. The van der Waals surface area contributed by atoms with Crippen LogP contribution in [0.3, 0.4) is 0 Å². The number of ketones is 1. The maximum absolute atomic E-state index is 13.7. The molecule has 0 radical (unpaired) electrons. The number of likely N-dealkylation sites (tertiary alicyclic amines) is 1. The van der Waals surface area contributed by atoms with Crippen molar-refractivity contribution in [3.05, 3.63) is 58.0 Å². The van der Waals surface area contributed by atoms with Gasteiger partial charge in [-0.05, 0) is 59.1 Å². The van der Waals surface area contributed by atoms with Crippen LogP contribution in [0, 0.1) is 17.6 Å². The van der Waals surface area contributed by atoms with Crippen LogP contribution >= 0.6 is 15.9 Å². The van der Waals surface area contributed by atoms with Crippen molar-refractivity contribution in [1.29, 1.82) is 0 Å². The lowest BCUT2D eigenvalue weighted by Crippen LogP contribution is -2.40. The first-order chi connectivity index (χ1) is 11.5. The van der Waals surface area contributed by atoms with Crippen LogP contribution in [0.25, 0.3) is 0 Å². The number of benzene rings is 1. The van der Waals surface area contributed by atoms with E-state index in [1.807, 2.05) is 0 Å². The Morgan fingerprint density at radius 1 is 1.12 bits per heavy atom. The van der Waals surface area contributed by atoms with E-state index in [1.54, 1.807) is 17.0 Å². The molecule has 0 bridgehead atoms. The highest BCUT2D eigenvalue weighted by Gasteiger charge is 2.30. The number of nitrogens with zero attached hydrogens (tertiary/aromatic N) is 1. The van der Waals surface area contributed by atoms with Crippen molar-refractivity contribution in [2.24, 2.45) is 5.92 Å². The number of rotatable bonds is 3. The van der Waals surface area contributed by atoms with E-state index in [4.69, 9.17) is 4.42 Å². The van der Waals surface area contributed by atoms with Gasteiger partial charge >= 0.3 is 0 Å². The number of Topliss-reactive ketones (excluding diaryl/α,β-unsaturated/α-hetero) is 1. The van der Waals surface area contributed by atoms with Crippen molar-refractivity contribution in [2.75, 3.05) is 13.1 Å². The van der Waals surface area contributed by atoms with Crippen LogP contribution in [-0.2, 0) is 0 Å². The Labute approximate surface area is 145 Å². The van der Waals surface area contributed by atoms with Gasteiger partial charge in [-0.25, -0.2) is 8.78 Å².